The van der Waals surface area contributed by atoms with E-state index in [1.807, 2.05) is 17.8 Å². The zero-order chi connectivity index (χ0) is 13.9. The summed E-state index contributed by atoms with van der Waals surface area (Å²) in [5, 5.41) is 0. The molecule has 0 atom stereocenters. The molecule has 0 heterocycles. The largest absolute Gasteiger partial charge is 0.496 e. The van der Waals surface area contributed by atoms with Crippen molar-refractivity contribution < 1.29 is 4.74 Å². The number of rotatable bonds is 4. The highest BCUT2D eigenvalue weighted by Gasteiger charge is 2.11. The fourth-order valence-electron chi connectivity index (χ4n) is 2.60. The van der Waals surface area contributed by atoms with Crippen LogP contribution in [0.25, 0.3) is 0 Å². The molecule has 0 N–H and O–H groups in total. The summed E-state index contributed by atoms with van der Waals surface area (Å²) in [6.07, 6.45) is 3.82. The molecule has 1 aliphatic carbocycles. The Morgan fingerprint density at radius 1 is 1.10 bits per heavy atom. The predicted molar refractivity (Wildman–Crippen MR) is 88.7 cm³/mol. The smallest absolute Gasteiger partial charge is 0.133 e. The second kappa shape index (κ2) is 6.23. The Morgan fingerprint density at radius 2 is 1.95 bits per heavy atom. The van der Waals surface area contributed by atoms with Crippen LogP contribution in [0.3, 0.4) is 0 Å². The van der Waals surface area contributed by atoms with Crippen LogP contribution in [0, 0.1) is 0 Å². The molecule has 3 rings (SSSR count). The van der Waals surface area contributed by atoms with Gasteiger partial charge in [0, 0.05) is 10.6 Å². The summed E-state index contributed by atoms with van der Waals surface area (Å²) in [4.78, 5) is 1.37. The number of halogens is 1. The minimum absolute atomic E-state index is 0.885. The second-order valence-electron chi connectivity index (χ2n) is 5.04. The molecule has 0 aromatic heterocycles. The Morgan fingerprint density at radius 3 is 2.75 bits per heavy atom. The molecule has 0 bridgehead atoms. The van der Waals surface area contributed by atoms with Crippen molar-refractivity contribution >= 4 is 27.7 Å². The molecular weight excluding hydrogens is 332 g/mol. The van der Waals surface area contributed by atoms with Crippen LogP contribution in [-0.4, -0.2) is 7.11 Å². The van der Waals surface area contributed by atoms with Crippen LogP contribution >= 0.6 is 27.7 Å². The highest BCUT2D eigenvalue weighted by atomic mass is 79.9. The molecule has 0 saturated carbocycles. The number of aryl methyl sites for hydroxylation is 2. The first-order chi connectivity index (χ1) is 9.76. The molecule has 3 heteroatoms. The molecule has 1 nitrogen and oxygen atoms in total. The summed E-state index contributed by atoms with van der Waals surface area (Å²) in [6.45, 7) is 0. The van der Waals surface area contributed by atoms with Gasteiger partial charge in [0.1, 0.15) is 5.75 Å². The lowest BCUT2D eigenvalue weighted by molar-refractivity contribution is 0.412. The number of hydrogen-bond acceptors (Lipinski definition) is 2. The van der Waals surface area contributed by atoms with Gasteiger partial charge in [0.15, 0.2) is 0 Å². The molecule has 0 aliphatic heterocycles. The molecule has 0 amide bonds. The first-order valence-electron chi connectivity index (χ1n) is 6.83. The quantitative estimate of drug-likeness (QED) is 0.698. The minimum Gasteiger partial charge on any atom is -0.496 e. The third-order valence-corrected chi connectivity index (χ3v) is 5.38. The summed E-state index contributed by atoms with van der Waals surface area (Å²) in [7, 11) is 1.69. The van der Waals surface area contributed by atoms with Crippen molar-refractivity contribution in [1.82, 2.24) is 0 Å². The van der Waals surface area contributed by atoms with Gasteiger partial charge < -0.3 is 4.74 Å². The van der Waals surface area contributed by atoms with Crippen molar-refractivity contribution in [1.29, 1.82) is 0 Å². The fraction of sp³-hybridized carbons (Fsp3) is 0.294. The average molecular weight is 349 g/mol. The molecular formula is C17H17BrOS. The van der Waals surface area contributed by atoms with E-state index in [-0.39, 0.29) is 0 Å². The van der Waals surface area contributed by atoms with Crippen molar-refractivity contribution in [2.75, 3.05) is 7.11 Å². The third-order valence-electron chi connectivity index (χ3n) is 3.69. The molecule has 0 spiro atoms. The number of benzene rings is 2. The number of ether oxygens (including phenoxy) is 1. The van der Waals surface area contributed by atoms with E-state index in [1.54, 1.807) is 18.2 Å². The lowest BCUT2D eigenvalue weighted by Crippen LogP contribution is -1.87. The first-order valence-corrected chi connectivity index (χ1v) is 8.61. The van der Waals surface area contributed by atoms with Gasteiger partial charge in [-0.3, -0.25) is 0 Å². The Hall–Kier alpha value is -0.930. The molecule has 104 valence electrons. The van der Waals surface area contributed by atoms with E-state index in [9.17, 15) is 0 Å². The van der Waals surface area contributed by atoms with Gasteiger partial charge in [0.2, 0.25) is 0 Å². The molecule has 0 fully saturated rings. The number of fused-ring (bicyclic) bond motifs is 1. The normalized spacial score (nSPS) is 13.3. The summed E-state index contributed by atoms with van der Waals surface area (Å²) in [6, 6.07) is 13.2. The number of methoxy groups -OCH3 is 1. The monoisotopic (exact) mass is 348 g/mol. The van der Waals surface area contributed by atoms with Crippen molar-refractivity contribution in [2.24, 2.45) is 0 Å². The third kappa shape index (κ3) is 3.04. The Labute approximate surface area is 132 Å². The lowest BCUT2D eigenvalue weighted by atomic mass is 10.1. The summed E-state index contributed by atoms with van der Waals surface area (Å²) < 4.78 is 6.28. The van der Waals surface area contributed by atoms with Gasteiger partial charge in [-0.1, -0.05) is 12.1 Å². The topological polar surface area (TPSA) is 9.23 Å². The van der Waals surface area contributed by atoms with E-state index >= 15 is 0 Å². The van der Waals surface area contributed by atoms with Crippen LogP contribution in [0.15, 0.2) is 45.8 Å². The van der Waals surface area contributed by atoms with Gasteiger partial charge in [-0.15, -0.1) is 11.8 Å². The fourth-order valence-corrected chi connectivity index (χ4v) is 4.10. The van der Waals surface area contributed by atoms with Crippen molar-refractivity contribution in [3.05, 3.63) is 57.6 Å². The summed E-state index contributed by atoms with van der Waals surface area (Å²) in [5.74, 6) is 1.87. The molecule has 0 radical (unpaired) electrons. The van der Waals surface area contributed by atoms with E-state index in [0.717, 1.165) is 16.0 Å². The van der Waals surface area contributed by atoms with Crippen LogP contribution < -0.4 is 4.74 Å². The first kappa shape index (κ1) is 14.0. The predicted octanol–water partition coefficient (Wildman–Crippen LogP) is 5.24. The second-order valence-corrected chi connectivity index (χ2v) is 6.94. The van der Waals surface area contributed by atoms with Crippen LogP contribution in [0.2, 0.25) is 0 Å². The number of thioether (sulfide) groups is 1. The van der Waals surface area contributed by atoms with Gasteiger partial charge >= 0.3 is 0 Å². The van der Waals surface area contributed by atoms with Crippen LogP contribution in [0.1, 0.15) is 23.1 Å². The van der Waals surface area contributed by atoms with E-state index in [4.69, 9.17) is 4.74 Å². The molecule has 0 unspecified atom stereocenters. The molecule has 20 heavy (non-hydrogen) atoms. The van der Waals surface area contributed by atoms with Crippen molar-refractivity contribution in [3.63, 3.8) is 0 Å². The standard InChI is InChI=1S/C17H17BrOS/c1-19-17-8-5-12(9-16(17)18)11-20-15-7-6-13-3-2-4-14(13)10-15/h5-10H,2-4,11H2,1H3. The molecule has 0 saturated heterocycles. The van der Waals surface area contributed by atoms with Crippen LogP contribution in [0.5, 0.6) is 5.75 Å². The van der Waals surface area contributed by atoms with Gasteiger partial charge in [-0.05, 0) is 76.1 Å². The van der Waals surface area contributed by atoms with Gasteiger partial charge in [0.05, 0.1) is 11.6 Å². The Bertz CT molecular complexity index is 624. The highest BCUT2D eigenvalue weighted by Crippen LogP contribution is 2.31. The van der Waals surface area contributed by atoms with Gasteiger partial charge in [0.25, 0.3) is 0 Å². The summed E-state index contributed by atoms with van der Waals surface area (Å²) >= 11 is 5.44. The van der Waals surface area contributed by atoms with E-state index < -0.39 is 0 Å². The van der Waals surface area contributed by atoms with E-state index in [0.29, 0.717) is 0 Å². The zero-order valence-corrected chi connectivity index (χ0v) is 13.9. The maximum Gasteiger partial charge on any atom is 0.133 e. The van der Waals surface area contributed by atoms with E-state index in [1.165, 1.54) is 29.7 Å². The SMILES string of the molecule is COc1ccc(CSc2ccc3c(c2)CCC3)cc1Br. The van der Waals surface area contributed by atoms with E-state index in [2.05, 4.69) is 46.3 Å². The lowest BCUT2D eigenvalue weighted by Gasteiger charge is -2.07. The number of hydrogen-bond donors (Lipinski definition) is 0. The summed E-state index contributed by atoms with van der Waals surface area (Å²) in [5.41, 5.74) is 4.40. The zero-order valence-electron chi connectivity index (χ0n) is 11.5. The van der Waals surface area contributed by atoms with Crippen molar-refractivity contribution in [3.8, 4) is 5.75 Å². The average Bonchev–Trinajstić information content (AvgIpc) is 2.92. The molecule has 2 aromatic rings. The maximum atomic E-state index is 5.26. The Kier molecular flexibility index (Phi) is 4.37. The van der Waals surface area contributed by atoms with Crippen LogP contribution in [-0.2, 0) is 18.6 Å². The van der Waals surface area contributed by atoms with Crippen molar-refractivity contribution in [2.45, 2.75) is 29.9 Å². The molecule has 1 aliphatic rings. The minimum atomic E-state index is 0.885. The maximum absolute atomic E-state index is 5.26. The molecule has 2 aromatic carbocycles. The van der Waals surface area contributed by atoms with Crippen LogP contribution in [0.4, 0.5) is 0 Å². The van der Waals surface area contributed by atoms with Gasteiger partial charge in [-0.25, -0.2) is 0 Å². The highest BCUT2D eigenvalue weighted by molar-refractivity contribution is 9.10. The Balaban J connectivity index is 1.69. The van der Waals surface area contributed by atoms with Gasteiger partial charge in [-0.2, -0.15) is 0 Å².